The molecule has 6 nitrogen and oxygen atoms in total. The Kier molecular flexibility index (Phi) is 4.61. The highest BCUT2D eigenvalue weighted by Gasteiger charge is 2.41. The topological polar surface area (TPSA) is 75.4 Å². The largest absolute Gasteiger partial charge is 0.481 e. The third-order valence-electron chi connectivity index (χ3n) is 5.01. The number of aryl methyl sites for hydroxylation is 3. The van der Waals surface area contributed by atoms with Gasteiger partial charge in [-0.3, -0.25) is 14.3 Å². The lowest BCUT2D eigenvalue weighted by Gasteiger charge is -2.17. The second-order valence-corrected chi connectivity index (χ2v) is 6.60. The van der Waals surface area contributed by atoms with Crippen LogP contribution < -0.4 is 0 Å². The van der Waals surface area contributed by atoms with Gasteiger partial charge in [0.2, 0.25) is 0 Å². The molecule has 1 aromatic carbocycles. The van der Waals surface area contributed by atoms with Crippen molar-refractivity contribution in [3.63, 3.8) is 0 Å². The first-order valence-corrected chi connectivity index (χ1v) is 8.54. The van der Waals surface area contributed by atoms with Crippen molar-refractivity contribution in [2.75, 3.05) is 13.1 Å². The third kappa shape index (κ3) is 3.16. The molecule has 1 N–H and O–H groups in total. The van der Waals surface area contributed by atoms with E-state index in [9.17, 15) is 14.7 Å². The van der Waals surface area contributed by atoms with Gasteiger partial charge in [0, 0.05) is 31.2 Å². The van der Waals surface area contributed by atoms with Gasteiger partial charge >= 0.3 is 5.97 Å². The number of hydrogen-bond donors (Lipinski definition) is 1. The lowest BCUT2D eigenvalue weighted by atomic mass is 9.86. The Bertz CT molecular complexity index is 812. The summed E-state index contributed by atoms with van der Waals surface area (Å²) in [5.41, 5.74) is 3.36. The standard InChI is InChI=1S/C19H23N3O3/c1-4-22-13(3)9-17(20-22)18(23)21-10-15(16(11-21)19(24)25)14-8-6-5-7-12(14)2/h5-9,15-16H,4,10-11H2,1-3H3,(H,24,25)/t15-,16+/m1/s1. The fourth-order valence-corrected chi connectivity index (χ4v) is 3.63. The first-order valence-electron chi connectivity index (χ1n) is 8.54. The summed E-state index contributed by atoms with van der Waals surface area (Å²) < 4.78 is 1.77. The summed E-state index contributed by atoms with van der Waals surface area (Å²) in [5.74, 6) is -1.85. The summed E-state index contributed by atoms with van der Waals surface area (Å²) in [4.78, 5) is 26.2. The van der Waals surface area contributed by atoms with E-state index in [-0.39, 0.29) is 18.4 Å². The molecule has 25 heavy (non-hydrogen) atoms. The molecule has 2 atom stereocenters. The molecule has 0 aliphatic carbocycles. The van der Waals surface area contributed by atoms with Crippen molar-refractivity contribution in [3.8, 4) is 0 Å². The van der Waals surface area contributed by atoms with Crippen LogP contribution in [0.15, 0.2) is 30.3 Å². The maximum absolute atomic E-state index is 12.8. The van der Waals surface area contributed by atoms with Gasteiger partial charge < -0.3 is 10.0 Å². The SMILES string of the molecule is CCn1nc(C(=O)N2C[C@H](C(=O)O)[C@@H](c3ccccc3C)C2)cc1C. The number of aliphatic carboxylic acids is 1. The van der Waals surface area contributed by atoms with Crippen molar-refractivity contribution in [3.05, 3.63) is 52.8 Å². The second kappa shape index (κ2) is 6.70. The van der Waals surface area contributed by atoms with Crippen LogP contribution in [0.1, 0.15) is 40.2 Å². The Balaban J connectivity index is 1.88. The Hall–Kier alpha value is -2.63. The van der Waals surface area contributed by atoms with Gasteiger partial charge in [-0.15, -0.1) is 0 Å². The minimum Gasteiger partial charge on any atom is -0.481 e. The molecule has 2 heterocycles. The number of carboxylic acids is 1. The van der Waals surface area contributed by atoms with E-state index in [1.165, 1.54) is 0 Å². The highest BCUT2D eigenvalue weighted by molar-refractivity contribution is 5.93. The molecule has 6 heteroatoms. The Morgan fingerprint density at radius 2 is 1.96 bits per heavy atom. The van der Waals surface area contributed by atoms with Gasteiger partial charge in [-0.2, -0.15) is 5.10 Å². The molecule has 0 spiro atoms. The molecule has 1 saturated heterocycles. The van der Waals surface area contributed by atoms with Crippen LogP contribution in [0.4, 0.5) is 0 Å². The zero-order valence-electron chi connectivity index (χ0n) is 14.8. The molecule has 1 aliphatic heterocycles. The second-order valence-electron chi connectivity index (χ2n) is 6.60. The number of hydrogen-bond acceptors (Lipinski definition) is 3. The van der Waals surface area contributed by atoms with E-state index in [0.717, 1.165) is 16.8 Å². The predicted octanol–water partition coefficient (Wildman–Crippen LogP) is 2.46. The van der Waals surface area contributed by atoms with Gasteiger partial charge in [0.1, 0.15) is 0 Å². The van der Waals surface area contributed by atoms with Gasteiger partial charge in [-0.25, -0.2) is 0 Å². The van der Waals surface area contributed by atoms with Gasteiger partial charge in [0.25, 0.3) is 5.91 Å². The van der Waals surface area contributed by atoms with E-state index in [1.807, 2.05) is 45.0 Å². The Morgan fingerprint density at radius 1 is 1.24 bits per heavy atom. The summed E-state index contributed by atoms with van der Waals surface area (Å²) >= 11 is 0. The zero-order chi connectivity index (χ0) is 18.1. The fraction of sp³-hybridized carbons (Fsp3) is 0.421. The molecule has 3 rings (SSSR count). The average Bonchev–Trinajstić information content (AvgIpc) is 3.18. The van der Waals surface area contributed by atoms with E-state index >= 15 is 0 Å². The number of nitrogens with zero attached hydrogens (tertiary/aromatic N) is 3. The number of rotatable bonds is 4. The molecular formula is C19H23N3O3. The number of benzene rings is 1. The number of aromatic nitrogens is 2. The highest BCUT2D eigenvalue weighted by Crippen LogP contribution is 2.35. The van der Waals surface area contributed by atoms with E-state index in [4.69, 9.17) is 0 Å². The van der Waals surface area contributed by atoms with Crippen LogP contribution >= 0.6 is 0 Å². The van der Waals surface area contributed by atoms with Crippen LogP contribution in [-0.4, -0.2) is 44.8 Å². The molecule has 1 fully saturated rings. The van der Waals surface area contributed by atoms with Gasteiger partial charge in [0.05, 0.1) is 5.92 Å². The number of amides is 1. The number of carbonyl (C=O) groups is 2. The first-order chi connectivity index (χ1) is 11.9. The Labute approximate surface area is 147 Å². The zero-order valence-corrected chi connectivity index (χ0v) is 14.8. The number of carboxylic acid groups (broad SMARTS) is 1. The molecule has 132 valence electrons. The summed E-state index contributed by atoms with van der Waals surface area (Å²) in [6.45, 7) is 7.17. The van der Waals surface area contributed by atoms with Crippen molar-refractivity contribution < 1.29 is 14.7 Å². The normalized spacial score (nSPS) is 20.0. The van der Waals surface area contributed by atoms with Crippen molar-refractivity contribution in [2.45, 2.75) is 33.2 Å². The van der Waals surface area contributed by atoms with Crippen molar-refractivity contribution in [2.24, 2.45) is 5.92 Å². The van der Waals surface area contributed by atoms with Crippen LogP contribution in [-0.2, 0) is 11.3 Å². The van der Waals surface area contributed by atoms with E-state index in [1.54, 1.807) is 15.6 Å². The monoisotopic (exact) mass is 341 g/mol. The molecule has 1 aromatic heterocycles. The summed E-state index contributed by atoms with van der Waals surface area (Å²) in [6, 6.07) is 9.55. The minimum atomic E-state index is -0.862. The molecule has 0 radical (unpaired) electrons. The maximum Gasteiger partial charge on any atom is 0.308 e. The van der Waals surface area contributed by atoms with Gasteiger partial charge in [-0.1, -0.05) is 24.3 Å². The molecule has 0 unspecified atom stereocenters. The fourth-order valence-electron chi connectivity index (χ4n) is 3.63. The van der Waals surface area contributed by atoms with Crippen LogP contribution in [0, 0.1) is 19.8 Å². The molecule has 2 aromatic rings. The van der Waals surface area contributed by atoms with Crippen LogP contribution in [0.2, 0.25) is 0 Å². The smallest absolute Gasteiger partial charge is 0.308 e. The minimum absolute atomic E-state index is 0.197. The van der Waals surface area contributed by atoms with Crippen LogP contribution in [0.3, 0.4) is 0 Å². The highest BCUT2D eigenvalue weighted by atomic mass is 16.4. The summed E-state index contributed by atoms with van der Waals surface area (Å²) in [5, 5.41) is 14.0. The van der Waals surface area contributed by atoms with Gasteiger partial charge in [0.15, 0.2) is 5.69 Å². The van der Waals surface area contributed by atoms with Crippen molar-refractivity contribution in [1.29, 1.82) is 0 Å². The molecule has 1 amide bonds. The van der Waals surface area contributed by atoms with E-state index in [2.05, 4.69) is 5.10 Å². The maximum atomic E-state index is 12.8. The van der Waals surface area contributed by atoms with Crippen molar-refractivity contribution >= 4 is 11.9 Å². The number of likely N-dealkylation sites (tertiary alicyclic amines) is 1. The van der Waals surface area contributed by atoms with Crippen LogP contribution in [0.5, 0.6) is 0 Å². The predicted molar refractivity (Wildman–Crippen MR) is 93.6 cm³/mol. The van der Waals surface area contributed by atoms with E-state index in [0.29, 0.717) is 18.8 Å². The third-order valence-corrected chi connectivity index (χ3v) is 5.01. The molecule has 0 saturated carbocycles. The number of carbonyl (C=O) groups excluding carboxylic acids is 1. The van der Waals surface area contributed by atoms with Crippen LogP contribution in [0.25, 0.3) is 0 Å². The Morgan fingerprint density at radius 3 is 2.56 bits per heavy atom. The van der Waals surface area contributed by atoms with E-state index < -0.39 is 11.9 Å². The summed E-state index contributed by atoms with van der Waals surface area (Å²) in [7, 11) is 0. The molecular weight excluding hydrogens is 318 g/mol. The lowest BCUT2D eigenvalue weighted by Crippen LogP contribution is -2.30. The average molecular weight is 341 g/mol. The molecule has 1 aliphatic rings. The van der Waals surface area contributed by atoms with Crippen molar-refractivity contribution in [1.82, 2.24) is 14.7 Å². The lowest BCUT2D eigenvalue weighted by molar-refractivity contribution is -0.141. The quantitative estimate of drug-likeness (QED) is 0.927. The van der Waals surface area contributed by atoms with Gasteiger partial charge in [-0.05, 0) is 38.0 Å². The summed E-state index contributed by atoms with van der Waals surface area (Å²) in [6.07, 6.45) is 0. The first kappa shape index (κ1) is 17.2. The molecule has 0 bridgehead atoms.